The summed E-state index contributed by atoms with van der Waals surface area (Å²) in [5.41, 5.74) is 0.241. The van der Waals surface area contributed by atoms with Crippen molar-refractivity contribution in [2.45, 2.75) is 57.7 Å². The van der Waals surface area contributed by atoms with Crippen LogP contribution in [0.3, 0.4) is 0 Å². The van der Waals surface area contributed by atoms with Gasteiger partial charge in [-0.2, -0.15) is 10.4 Å². The zero-order valence-corrected chi connectivity index (χ0v) is 13.4. The molecule has 0 aliphatic heterocycles. The predicted octanol–water partition coefficient (Wildman–Crippen LogP) is 2.51. The number of hydrogen-bond donors (Lipinski definition) is 1. The van der Waals surface area contributed by atoms with Crippen LogP contribution in [0.2, 0.25) is 0 Å². The van der Waals surface area contributed by atoms with Crippen LogP contribution in [0.15, 0.2) is 12.3 Å². The normalized spacial score (nSPS) is 19.1. The van der Waals surface area contributed by atoms with Gasteiger partial charge in [-0.05, 0) is 31.1 Å². The molecule has 1 aliphatic rings. The van der Waals surface area contributed by atoms with E-state index in [4.69, 9.17) is 5.26 Å². The molecule has 0 radical (unpaired) electrons. The lowest BCUT2D eigenvalue weighted by Crippen LogP contribution is -2.34. The highest BCUT2D eigenvalue weighted by molar-refractivity contribution is 7.93. The van der Waals surface area contributed by atoms with Gasteiger partial charge in [-0.25, -0.2) is 8.42 Å². The Labute approximate surface area is 126 Å². The van der Waals surface area contributed by atoms with E-state index in [0.29, 0.717) is 31.6 Å². The van der Waals surface area contributed by atoms with Crippen molar-refractivity contribution in [3.8, 4) is 6.07 Å². The van der Waals surface area contributed by atoms with Gasteiger partial charge in [-0.3, -0.25) is 9.40 Å². The topological polar surface area (TPSA) is 87.8 Å². The first-order valence-electron chi connectivity index (χ1n) is 7.24. The first kappa shape index (κ1) is 15.8. The van der Waals surface area contributed by atoms with E-state index in [-0.39, 0.29) is 10.7 Å². The number of nitrogens with zero attached hydrogens (tertiary/aromatic N) is 3. The van der Waals surface area contributed by atoms with E-state index in [1.54, 1.807) is 16.9 Å². The molecule has 0 unspecified atom stereocenters. The van der Waals surface area contributed by atoms with Gasteiger partial charge in [0.15, 0.2) is 5.82 Å². The van der Waals surface area contributed by atoms with Crippen LogP contribution in [0.5, 0.6) is 0 Å². The molecular weight excluding hydrogens is 288 g/mol. The standard InChI is InChI=1S/C14H22N4O2S/c1-14(2)7-4-12(5-8-14)21(19,20)17-13-6-11-18(16-13)10-3-9-15/h6,11-12H,3-5,7-8,10H2,1-2H3,(H,16,17). The minimum absolute atomic E-state index is 0.241. The molecule has 0 atom stereocenters. The lowest BCUT2D eigenvalue weighted by molar-refractivity contribution is 0.246. The van der Waals surface area contributed by atoms with Crippen molar-refractivity contribution in [1.29, 1.82) is 5.26 Å². The molecular formula is C14H22N4O2S. The molecule has 1 aromatic heterocycles. The molecule has 0 aromatic carbocycles. The monoisotopic (exact) mass is 310 g/mol. The van der Waals surface area contributed by atoms with E-state index in [9.17, 15) is 8.42 Å². The van der Waals surface area contributed by atoms with Crippen LogP contribution in [-0.4, -0.2) is 23.4 Å². The highest BCUT2D eigenvalue weighted by atomic mass is 32.2. The summed E-state index contributed by atoms with van der Waals surface area (Å²) in [4.78, 5) is 0. The molecule has 2 rings (SSSR count). The van der Waals surface area contributed by atoms with Crippen molar-refractivity contribution in [2.75, 3.05) is 4.72 Å². The Morgan fingerprint density at radius 2 is 2.14 bits per heavy atom. The van der Waals surface area contributed by atoms with E-state index in [1.165, 1.54) is 0 Å². The lowest BCUT2D eigenvalue weighted by Gasteiger charge is -2.33. The van der Waals surface area contributed by atoms with E-state index in [0.717, 1.165) is 12.8 Å². The van der Waals surface area contributed by atoms with Crippen LogP contribution < -0.4 is 4.72 Å². The van der Waals surface area contributed by atoms with Crippen molar-refractivity contribution < 1.29 is 8.42 Å². The van der Waals surface area contributed by atoms with Gasteiger partial charge in [-0.15, -0.1) is 0 Å². The predicted molar refractivity (Wildman–Crippen MR) is 81.0 cm³/mol. The summed E-state index contributed by atoms with van der Waals surface area (Å²) >= 11 is 0. The number of nitriles is 1. The maximum atomic E-state index is 12.4. The average Bonchev–Trinajstić information content (AvgIpc) is 2.82. The molecule has 0 spiro atoms. The van der Waals surface area contributed by atoms with Crippen LogP contribution in [0.25, 0.3) is 0 Å². The molecule has 0 bridgehead atoms. The summed E-state index contributed by atoms with van der Waals surface area (Å²) in [6, 6.07) is 3.66. The third-order valence-electron chi connectivity index (χ3n) is 4.07. The number of aryl methyl sites for hydroxylation is 1. The minimum Gasteiger partial charge on any atom is -0.270 e. The maximum Gasteiger partial charge on any atom is 0.236 e. The van der Waals surface area contributed by atoms with Gasteiger partial charge in [-0.1, -0.05) is 13.8 Å². The Kier molecular flexibility index (Phi) is 4.57. The van der Waals surface area contributed by atoms with Gasteiger partial charge in [0, 0.05) is 12.3 Å². The van der Waals surface area contributed by atoms with Crippen LogP contribution in [0, 0.1) is 16.7 Å². The highest BCUT2D eigenvalue weighted by Crippen LogP contribution is 2.37. The van der Waals surface area contributed by atoms with Crippen molar-refractivity contribution in [3.05, 3.63) is 12.3 Å². The Morgan fingerprint density at radius 3 is 2.76 bits per heavy atom. The molecule has 1 heterocycles. The molecule has 1 aliphatic carbocycles. The lowest BCUT2D eigenvalue weighted by atomic mass is 9.77. The Bertz CT molecular complexity index is 618. The second-order valence-corrected chi connectivity index (χ2v) is 8.34. The molecule has 116 valence electrons. The van der Waals surface area contributed by atoms with Gasteiger partial charge < -0.3 is 0 Å². The first-order chi connectivity index (χ1) is 9.82. The largest absolute Gasteiger partial charge is 0.270 e. The van der Waals surface area contributed by atoms with Gasteiger partial charge >= 0.3 is 0 Å². The summed E-state index contributed by atoms with van der Waals surface area (Å²) in [5, 5.41) is 12.3. The van der Waals surface area contributed by atoms with Crippen LogP contribution >= 0.6 is 0 Å². The molecule has 1 fully saturated rings. The fraction of sp³-hybridized carbons (Fsp3) is 0.714. The van der Waals surface area contributed by atoms with Gasteiger partial charge in [0.25, 0.3) is 0 Å². The number of aromatic nitrogens is 2. The molecule has 1 aromatic rings. The Hall–Kier alpha value is -1.55. The summed E-state index contributed by atoms with van der Waals surface area (Å²) in [7, 11) is -3.38. The van der Waals surface area contributed by atoms with Crippen molar-refractivity contribution in [3.63, 3.8) is 0 Å². The molecule has 0 amide bonds. The van der Waals surface area contributed by atoms with Crippen molar-refractivity contribution >= 4 is 15.8 Å². The summed E-state index contributed by atoms with van der Waals surface area (Å²) < 4.78 is 28.9. The van der Waals surface area contributed by atoms with E-state index < -0.39 is 10.0 Å². The fourth-order valence-electron chi connectivity index (χ4n) is 2.62. The van der Waals surface area contributed by atoms with Crippen LogP contribution in [0.1, 0.15) is 46.0 Å². The third-order valence-corrected chi connectivity index (χ3v) is 5.91. The highest BCUT2D eigenvalue weighted by Gasteiger charge is 2.34. The number of rotatable bonds is 5. The van der Waals surface area contributed by atoms with Crippen LogP contribution in [-0.2, 0) is 16.6 Å². The van der Waals surface area contributed by atoms with Gasteiger partial charge in [0.05, 0.1) is 24.3 Å². The van der Waals surface area contributed by atoms with Gasteiger partial charge in [0.2, 0.25) is 10.0 Å². The maximum absolute atomic E-state index is 12.4. The molecule has 0 saturated heterocycles. The summed E-state index contributed by atoms with van der Waals surface area (Å²) in [5.74, 6) is 0.331. The number of hydrogen-bond acceptors (Lipinski definition) is 4. The Balaban J connectivity index is 1.98. The Morgan fingerprint density at radius 1 is 1.48 bits per heavy atom. The van der Waals surface area contributed by atoms with Crippen molar-refractivity contribution in [1.82, 2.24) is 9.78 Å². The molecule has 1 saturated carbocycles. The second kappa shape index (κ2) is 6.06. The van der Waals surface area contributed by atoms with Crippen LogP contribution in [0.4, 0.5) is 5.82 Å². The second-order valence-electron chi connectivity index (χ2n) is 6.38. The minimum atomic E-state index is -3.38. The smallest absolute Gasteiger partial charge is 0.236 e. The third kappa shape index (κ3) is 4.21. The average molecular weight is 310 g/mol. The van der Waals surface area contributed by atoms with E-state index in [2.05, 4.69) is 23.7 Å². The summed E-state index contributed by atoms with van der Waals surface area (Å²) in [6.45, 7) is 4.83. The van der Waals surface area contributed by atoms with Gasteiger partial charge in [0.1, 0.15) is 0 Å². The molecule has 7 heteroatoms. The molecule has 6 nitrogen and oxygen atoms in total. The van der Waals surface area contributed by atoms with E-state index >= 15 is 0 Å². The molecule has 1 N–H and O–H groups in total. The zero-order valence-electron chi connectivity index (χ0n) is 12.5. The number of anilines is 1. The first-order valence-corrected chi connectivity index (χ1v) is 8.79. The summed E-state index contributed by atoms with van der Waals surface area (Å²) in [6.07, 6.45) is 5.27. The number of sulfonamides is 1. The van der Waals surface area contributed by atoms with Crippen molar-refractivity contribution in [2.24, 2.45) is 5.41 Å². The quantitative estimate of drug-likeness (QED) is 0.905. The fourth-order valence-corrected chi connectivity index (χ4v) is 4.04. The number of nitrogens with one attached hydrogen (secondary N) is 1. The van der Waals surface area contributed by atoms with E-state index in [1.807, 2.05) is 6.07 Å². The SMILES string of the molecule is CC1(C)CCC(S(=O)(=O)Nc2ccn(CCC#N)n2)CC1. The zero-order chi connectivity index (χ0) is 15.5. The molecule has 21 heavy (non-hydrogen) atoms.